The van der Waals surface area contributed by atoms with Crippen molar-refractivity contribution in [3.8, 4) is 0 Å². The summed E-state index contributed by atoms with van der Waals surface area (Å²) in [5, 5.41) is 3.43. The second-order valence-corrected chi connectivity index (χ2v) is 6.73. The highest BCUT2D eigenvalue weighted by atomic mass is 15.3. The molecule has 3 rings (SSSR count). The second kappa shape index (κ2) is 6.11. The Morgan fingerprint density at radius 3 is 2.26 bits per heavy atom. The zero-order chi connectivity index (χ0) is 14.0. The van der Waals surface area contributed by atoms with E-state index in [-0.39, 0.29) is 0 Å². The Morgan fingerprint density at radius 2 is 1.79 bits per heavy atom. The summed E-state index contributed by atoms with van der Waals surface area (Å²) in [6.07, 6.45) is 1.37. The molecule has 0 aromatic carbocycles. The zero-order valence-corrected chi connectivity index (χ0v) is 13.6. The Morgan fingerprint density at radius 1 is 1.16 bits per heavy atom. The van der Waals surface area contributed by atoms with Crippen molar-refractivity contribution in [3.63, 3.8) is 0 Å². The van der Waals surface area contributed by atoms with Gasteiger partial charge in [-0.1, -0.05) is 27.7 Å². The van der Waals surface area contributed by atoms with E-state index in [4.69, 9.17) is 0 Å². The van der Waals surface area contributed by atoms with E-state index in [0.717, 1.165) is 18.0 Å². The first-order chi connectivity index (χ1) is 9.13. The van der Waals surface area contributed by atoms with Gasteiger partial charge in [0.25, 0.3) is 0 Å². The zero-order valence-electron chi connectivity index (χ0n) is 13.6. The van der Waals surface area contributed by atoms with E-state index in [1.807, 2.05) is 13.8 Å². The summed E-state index contributed by atoms with van der Waals surface area (Å²) in [5.41, 5.74) is 0.685. The van der Waals surface area contributed by atoms with Gasteiger partial charge in [0.05, 0.1) is 0 Å². The van der Waals surface area contributed by atoms with Crippen LogP contribution in [0.4, 0.5) is 0 Å². The van der Waals surface area contributed by atoms with Crippen molar-refractivity contribution in [2.24, 2.45) is 11.3 Å². The van der Waals surface area contributed by atoms with E-state index in [9.17, 15) is 0 Å². The molecule has 3 aliphatic heterocycles. The lowest BCUT2D eigenvalue weighted by Gasteiger charge is -2.60. The summed E-state index contributed by atoms with van der Waals surface area (Å²) < 4.78 is 0. The summed E-state index contributed by atoms with van der Waals surface area (Å²) in [7, 11) is 0. The molecule has 1 spiro atoms. The lowest BCUT2D eigenvalue weighted by Crippen LogP contribution is -2.74. The van der Waals surface area contributed by atoms with E-state index in [0.29, 0.717) is 5.41 Å². The number of hydrogen-bond donors (Lipinski definition) is 1. The molecular formula is C16H33N3. The molecule has 3 nitrogen and oxygen atoms in total. The molecule has 3 atom stereocenters. The third kappa shape index (κ3) is 2.84. The molecule has 0 aliphatic carbocycles. The fourth-order valence-corrected chi connectivity index (χ4v) is 4.10. The molecule has 3 fully saturated rings. The fraction of sp³-hybridized carbons (Fsp3) is 1.00. The van der Waals surface area contributed by atoms with Crippen molar-refractivity contribution in [1.29, 1.82) is 0 Å². The van der Waals surface area contributed by atoms with Gasteiger partial charge in [-0.05, 0) is 25.8 Å². The molecule has 1 unspecified atom stereocenters. The molecule has 3 aliphatic rings. The van der Waals surface area contributed by atoms with Crippen molar-refractivity contribution in [3.05, 3.63) is 0 Å². The van der Waals surface area contributed by atoms with Gasteiger partial charge in [-0.3, -0.25) is 4.90 Å². The van der Waals surface area contributed by atoms with E-state index in [1.165, 1.54) is 45.7 Å². The van der Waals surface area contributed by atoms with E-state index in [2.05, 4.69) is 35.9 Å². The topological polar surface area (TPSA) is 18.5 Å². The van der Waals surface area contributed by atoms with Gasteiger partial charge in [0.15, 0.2) is 0 Å². The molecule has 3 heterocycles. The third-order valence-corrected chi connectivity index (χ3v) is 5.34. The van der Waals surface area contributed by atoms with Crippen LogP contribution >= 0.6 is 0 Å². The molecule has 0 aromatic heterocycles. The first kappa shape index (κ1) is 15.3. The number of likely N-dealkylation sites (tertiary alicyclic amines) is 2. The van der Waals surface area contributed by atoms with E-state index >= 15 is 0 Å². The molecular weight excluding hydrogens is 234 g/mol. The van der Waals surface area contributed by atoms with Crippen LogP contribution in [0.15, 0.2) is 0 Å². The summed E-state index contributed by atoms with van der Waals surface area (Å²) in [6.45, 7) is 18.9. The predicted molar refractivity (Wildman–Crippen MR) is 82.5 cm³/mol. The number of piperidine rings is 1. The quantitative estimate of drug-likeness (QED) is 0.826. The van der Waals surface area contributed by atoms with Crippen molar-refractivity contribution >= 4 is 0 Å². The lowest BCUT2D eigenvalue weighted by atomic mass is 9.72. The molecule has 0 saturated carbocycles. The number of rotatable bonds is 2. The predicted octanol–water partition coefficient (Wildman–Crippen LogP) is 2.04. The van der Waals surface area contributed by atoms with Gasteiger partial charge in [-0.25, -0.2) is 0 Å². The molecule has 112 valence electrons. The largest absolute Gasteiger partial charge is 0.315 e. The molecule has 0 bridgehead atoms. The first-order valence-electron chi connectivity index (χ1n) is 8.32. The van der Waals surface area contributed by atoms with Crippen LogP contribution in [0.5, 0.6) is 0 Å². The highest BCUT2D eigenvalue weighted by Crippen LogP contribution is 2.39. The van der Waals surface area contributed by atoms with Crippen LogP contribution in [0, 0.1) is 11.3 Å². The van der Waals surface area contributed by atoms with Crippen LogP contribution in [-0.2, 0) is 0 Å². The Labute approximate surface area is 119 Å². The van der Waals surface area contributed by atoms with Gasteiger partial charge >= 0.3 is 0 Å². The molecule has 19 heavy (non-hydrogen) atoms. The average Bonchev–Trinajstić information content (AvgIpc) is 2.32. The molecule has 0 aromatic rings. The number of nitrogens with zero attached hydrogens (tertiary/aromatic N) is 2. The fourth-order valence-electron chi connectivity index (χ4n) is 4.10. The second-order valence-electron chi connectivity index (χ2n) is 6.73. The minimum Gasteiger partial charge on any atom is -0.315 e. The Kier molecular flexibility index (Phi) is 4.91. The van der Waals surface area contributed by atoms with Gasteiger partial charge in [-0.15, -0.1) is 0 Å². The number of nitrogens with one attached hydrogen (secondary N) is 1. The molecule has 3 saturated heterocycles. The van der Waals surface area contributed by atoms with E-state index in [1.54, 1.807) is 0 Å². The smallest absolute Gasteiger partial charge is 0.0207 e. The monoisotopic (exact) mass is 267 g/mol. The van der Waals surface area contributed by atoms with Crippen LogP contribution in [-0.4, -0.2) is 61.2 Å². The van der Waals surface area contributed by atoms with Crippen LogP contribution in [0.25, 0.3) is 0 Å². The van der Waals surface area contributed by atoms with Crippen LogP contribution < -0.4 is 5.32 Å². The highest BCUT2D eigenvalue weighted by Gasteiger charge is 2.50. The average molecular weight is 267 g/mol. The molecule has 3 heteroatoms. The summed E-state index contributed by atoms with van der Waals surface area (Å²) in [4.78, 5) is 5.40. The maximum atomic E-state index is 3.43. The maximum Gasteiger partial charge on any atom is 0.0207 e. The van der Waals surface area contributed by atoms with Gasteiger partial charge in [0.1, 0.15) is 0 Å². The minimum atomic E-state index is 0.685. The SMILES string of the molecule is CC.CCN1C[C@H](C)C(N2CC3(CNC3)C2)C[C@H]1C. The number of hydrogen-bond acceptors (Lipinski definition) is 3. The summed E-state index contributed by atoms with van der Waals surface area (Å²) >= 11 is 0. The van der Waals surface area contributed by atoms with Gasteiger partial charge < -0.3 is 10.2 Å². The van der Waals surface area contributed by atoms with Crippen molar-refractivity contribution in [1.82, 2.24) is 15.1 Å². The van der Waals surface area contributed by atoms with Crippen molar-refractivity contribution < 1.29 is 0 Å². The first-order valence-corrected chi connectivity index (χ1v) is 8.32. The van der Waals surface area contributed by atoms with Gasteiger partial charge in [0.2, 0.25) is 0 Å². The minimum absolute atomic E-state index is 0.685. The van der Waals surface area contributed by atoms with E-state index < -0.39 is 0 Å². The van der Waals surface area contributed by atoms with Crippen LogP contribution in [0.3, 0.4) is 0 Å². The van der Waals surface area contributed by atoms with Crippen LogP contribution in [0.1, 0.15) is 41.0 Å². The standard InChI is InChI=1S/C14H27N3.C2H6/c1-4-16-6-11(2)13(5-12(16)3)17-9-14(10-17)7-15-8-14;1-2/h11-13,15H,4-10H2,1-3H3;1-2H3/t11-,12+,13?;/m0./s1. The van der Waals surface area contributed by atoms with Crippen molar-refractivity contribution in [2.45, 2.75) is 53.1 Å². The van der Waals surface area contributed by atoms with Gasteiger partial charge in [-0.2, -0.15) is 0 Å². The molecule has 0 radical (unpaired) electrons. The Bertz CT molecular complexity index is 280. The molecule has 1 N–H and O–H groups in total. The third-order valence-electron chi connectivity index (χ3n) is 5.34. The summed E-state index contributed by atoms with van der Waals surface area (Å²) in [6, 6.07) is 1.62. The summed E-state index contributed by atoms with van der Waals surface area (Å²) in [5.74, 6) is 0.844. The van der Waals surface area contributed by atoms with Crippen LogP contribution in [0.2, 0.25) is 0 Å². The lowest BCUT2D eigenvalue weighted by molar-refractivity contribution is -0.0966. The Balaban J connectivity index is 0.000000637. The van der Waals surface area contributed by atoms with Crippen molar-refractivity contribution in [2.75, 3.05) is 39.3 Å². The Hall–Kier alpha value is -0.120. The molecule has 0 amide bonds. The van der Waals surface area contributed by atoms with Gasteiger partial charge in [0, 0.05) is 50.2 Å². The normalized spacial score (nSPS) is 38.1. The highest BCUT2D eigenvalue weighted by molar-refractivity contribution is 5.07. The maximum absolute atomic E-state index is 3.43.